The van der Waals surface area contributed by atoms with E-state index in [1.54, 1.807) is 38.1 Å². The second-order valence-electron chi connectivity index (χ2n) is 6.43. The molecule has 0 saturated carbocycles. The minimum atomic E-state index is -0.945. The van der Waals surface area contributed by atoms with Gasteiger partial charge in [-0.3, -0.25) is 4.79 Å². The van der Waals surface area contributed by atoms with E-state index in [1.165, 1.54) is 5.69 Å². The monoisotopic (exact) mass is 360 g/mol. The lowest BCUT2D eigenvalue weighted by atomic mass is 10.1. The third-order valence-corrected chi connectivity index (χ3v) is 4.14. The highest BCUT2D eigenvalue weighted by Gasteiger charge is 2.29. The number of halogens is 1. The highest BCUT2D eigenvalue weighted by atomic mass is 35.5. The van der Waals surface area contributed by atoms with Crippen molar-refractivity contribution in [2.24, 2.45) is 0 Å². The van der Waals surface area contributed by atoms with Gasteiger partial charge in [-0.25, -0.2) is 0 Å². The summed E-state index contributed by atoms with van der Waals surface area (Å²) in [4.78, 5) is 14.5. The van der Waals surface area contributed by atoms with Crippen molar-refractivity contribution in [3.8, 4) is 5.75 Å². The summed E-state index contributed by atoms with van der Waals surface area (Å²) in [5, 5.41) is 3.58. The third-order valence-electron chi connectivity index (χ3n) is 3.89. The zero-order valence-corrected chi connectivity index (χ0v) is 15.7. The molecule has 0 aliphatic heterocycles. The van der Waals surface area contributed by atoms with Crippen LogP contribution in [0.5, 0.6) is 5.75 Å². The predicted octanol–water partition coefficient (Wildman–Crippen LogP) is 4.14. The summed E-state index contributed by atoms with van der Waals surface area (Å²) in [5.41, 5.74) is 0.222. The van der Waals surface area contributed by atoms with Gasteiger partial charge in [-0.2, -0.15) is 0 Å². The second-order valence-corrected chi connectivity index (χ2v) is 6.87. The Labute approximate surface area is 154 Å². The molecular formula is C20H25ClN2O2. The summed E-state index contributed by atoms with van der Waals surface area (Å²) >= 11 is 5.86. The Kier molecular flexibility index (Phi) is 6.71. The molecule has 1 N–H and O–H groups in total. The topological polar surface area (TPSA) is 41.6 Å². The van der Waals surface area contributed by atoms with E-state index in [0.29, 0.717) is 17.3 Å². The van der Waals surface area contributed by atoms with E-state index >= 15 is 0 Å². The van der Waals surface area contributed by atoms with Crippen LogP contribution in [0.25, 0.3) is 0 Å². The van der Waals surface area contributed by atoms with Crippen molar-refractivity contribution in [3.63, 3.8) is 0 Å². The summed E-state index contributed by atoms with van der Waals surface area (Å²) in [6.45, 7) is 4.98. The fourth-order valence-corrected chi connectivity index (χ4v) is 2.51. The number of nitrogens with zero attached hydrogens (tertiary/aromatic N) is 1. The van der Waals surface area contributed by atoms with Gasteiger partial charge >= 0.3 is 0 Å². The van der Waals surface area contributed by atoms with Gasteiger partial charge < -0.3 is 15.0 Å². The van der Waals surface area contributed by atoms with Crippen LogP contribution < -0.4 is 15.0 Å². The van der Waals surface area contributed by atoms with E-state index in [2.05, 4.69) is 22.3 Å². The van der Waals surface area contributed by atoms with Gasteiger partial charge in [0.15, 0.2) is 5.60 Å². The van der Waals surface area contributed by atoms with Crippen molar-refractivity contribution < 1.29 is 9.53 Å². The average Bonchev–Trinajstić information content (AvgIpc) is 2.61. The first-order valence-corrected chi connectivity index (χ1v) is 8.75. The number of rotatable bonds is 8. The van der Waals surface area contributed by atoms with E-state index in [4.69, 9.17) is 16.3 Å². The van der Waals surface area contributed by atoms with Crippen LogP contribution in [0, 0.1) is 0 Å². The van der Waals surface area contributed by atoms with E-state index in [0.717, 1.165) is 13.0 Å². The third kappa shape index (κ3) is 5.98. The second kappa shape index (κ2) is 8.77. The van der Waals surface area contributed by atoms with Gasteiger partial charge in [0, 0.05) is 30.8 Å². The first-order chi connectivity index (χ1) is 11.9. The number of amides is 1. The minimum Gasteiger partial charge on any atom is -0.478 e. The van der Waals surface area contributed by atoms with E-state index in [-0.39, 0.29) is 5.91 Å². The largest absolute Gasteiger partial charge is 0.478 e. The van der Waals surface area contributed by atoms with Crippen LogP contribution in [-0.2, 0) is 4.79 Å². The van der Waals surface area contributed by atoms with Gasteiger partial charge in [0.2, 0.25) is 0 Å². The van der Waals surface area contributed by atoms with Crippen LogP contribution in [0.15, 0.2) is 54.6 Å². The zero-order chi connectivity index (χ0) is 18.3. The highest BCUT2D eigenvalue weighted by Crippen LogP contribution is 2.21. The van der Waals surface area contributed by atoms with Gasteiger partial charge in [-0.15, -0.1) is 0 Å². The molecule has 0 atom stereocenters. The summed E-state index contributed by atoms with van der Waals surface area (Å²) in [6.07, 6.45) is 0.855. The summed E-state index contributed by atoms with van der Waals surface area (Å²) in [5.74, 6) is 0.484. The van der Waals surface area contributed by atoms with Crippen molar-refractivity contribution in [2.75, 3.05) is 25.0 Å². The molecule has 2 aromatic rings. The molecule has 0 heterocycles. The van der Waals surface area contributed by atoms with Gasteiger partial charge in [-0.05, 0) is 56.7 Å². The minimum absolute atomic E-state index is 0.134. The fraction of sp³-hybridized carbons (Fsp3) is 0.350. The highest BCUT2D eigenvalue weighted by molar-refractivity contribution is 6.30. The molecule has 0 aliphatic rings. The number of carbonyl (C=O) groups is 1. The van der Waals surface area contributed by atoms with Crippen molar-refractivity contribution in [1.29, 1.82) is 0 Å². The number of hydrogen-bond acceptors (Lipinski definition) is 3. The number of nitrogens with one attached hydrogen (secondary N) is 1. The Morgan fingerprint density at radius 1 is 1.12 bits per heavy atom. The number of hydrogen-bond donors (Lipinski definition) is 1. The molecule has 0 bridgehead atoms. The van der Waals surface area contributed by atoms with Crippen LogP contribution in [0.4, 0.5) is 5.69 Å². The molecule has 1 amide bonds. The van der Waals surface area contributed by atoms with Crippen molar-refractivity contribution in [3.05, 3.63) is 59.6 Å². The fourth-order valence-electron chi connectivity index (χ4n) is 2.39. The maximum Gasteiger partial charge on any atom is 0.263 e. The normalized spacial score (nSPS) is 11.0. The molecule has 0 aromatic heterocycles. The molecule has 25 heavy (non-hydrogen) atoms. The molecule has 0 saturated heterocycles. The molecule has 4 nitrogen and oxygen atoms in total. The molecule has 0 radical (unpaired) electrons. The Morgan fingerprint density at radius 2 is 1.76 bits per heavy atom. The number of para-hydroxylation sites is 1. The molecule has 2 rings (SSSR count). The van der Waals surface area contributed by atoms with Crippen LogP contribution >= 0.6 is 11.6 Å². The average molecular weight is 361 g/mol. The molecule has 0 aliphatic carbocycles. The molecule has 0 fully saturated rings. The van der Waals surface area contributed by atoms with Gasteiger partial charge in [0.25, 0.3) is 5.91 Å². The standard InChI is InChI=1S/C20H25ClN2O2/c1-20(2,25-18-12-10-16(21)11-13-18)19(24)22-14-7-15-23(3)17-8-5-4-6-9-17/h4-6,8-13H,7,14-15H2,1-3H3,(H,22,24). The van der Waals surface area contributed by atoms with Crippen molar-refractivity contribution >= 4 is 23.2 Å². The first-order valence-electron chi connectivity index (χ1n) is 8.37. The van der Waals surface area contributed by atoms with Crippen molar-refractivity contribution in [1.82, 2.24) is 5.32 Å². The SMILES string of the molecule is CN(CCCNC(=O)C(C)(C)Oc1ccc(Cl)cc1)c1ccccc1. The van der Waals surface area contributed by atoms with Gasteiger partial charge in [-0.1, -0.05) is 29.8 Å². The van der Waals surface area contributed by atoms with Crippen LogP contribution in [0.3, 0.4) is 0 Å². The molecule has 134 valence electrons. The first kappa shape index (κ1) is 19.1. The van der Waals surface area contributed by atoms with E-state index < -0.39 is 5.60 Å². The molecule has 0 unspecified atom stereocenters. The summed E-state index contributed by atoms with van der Waals surface area (Å²) in [6, 6.07) is 17.2. The predicted molar refractivity (Wildman–Crippen MR) is 103 cm³/mol. The maximum atomic E-state index is 12.4. The summed E-state index contributed by atoms with van der Waals surface area (Å²) < 4.78 is 5.78. The smallest absolute Gasteiger partial charge is 0.263 e. The Morgan fingerprint density at radius 3 is 2.40 bits per heavy atom. The lowest BCUT2D eigenvalue weighted by Crippen LogP contribution is -2.47. The molecular weight excluding hydrogens is 336 g/mol. The van der Waals surface area contributed by atoms with E-state index in [1.807, 2.05) is 25.2 Å². The lowest BCUT2D eigenvalue weighted by Gasteiger charge is -2.26. The lowest BCUT2D eigenvalue weighted by molar-refractivity contribution is -0.134. The molecule has 2 aromatic carbocycles. The number of carbonyl (C=O) groups excluding carboxylic acids is 1. The van der Waals surface area contributed by atoms with Crippen LogP contribution in [-0.4, -0.2) is 31.6 Å². The molecule has 5 heteroatoms. The Bertz CT molecular complexity index is 672. The van der Waals surface area contributed by atoms with Crippen LogP contribution in [0.2, 0.25) is 5.02 Å². The number of anilines is 1. The number of benzene rings is 2. The number of ether oxygens (including phenoxy) is 1. The molecule has 0 spiro atoms. The maximum absolute atomic E-state index is 12.4. The quantitative estimate of drug-likeness (QED) is 0.719. The van der Waals surface area contributed by atoms with E-state index in [9.17, 15) is 4.79 Å². The van der Waals surface area contributed by atoms with Gasteiger partial charge in [0.05, 0.1) is 0 Å². The Hall–Kier alpha value is -2.20. The zero-order valence-electron chi connectivity index (χ0n) is 15.0. The van der Waals surface area contributed by atoms with Crippen LogP contribution in [0.1, 0.15) is 20.3 Å². The van der Waals surface area contributed by atoms with Crippen molar-refractivity contribution in [2.45, 2.75) is 25.9 Å². The summed E-state index contributed by atoms with van der Waals surface area (Å²) in [7, 11) is 2.05. The Balaban J connectivity index is 1.76. The van der Waals surface area contributed by atoms with Gasteiger partial charge in [0.1, 0.15) is 5.75 Å².